The van der Waals surface area contributed by atoms with Gasteiger partial charge >= 0.3 is 11.9 Å². The second kappa shape index (κ2) is 14.5. The van der Waals surface area contributed by atoms with Crippen molar-refractivity contribution in [1.82, 2.24) is 0 Å². The molecule has 0 atom stereocenters. The van der Waals surface area contributed by atoms with Crippen LogP contribution in [0.15, 0.2) is 35.1 Å². The average molecular weight is 559 g/mol. The van der Waals surface area contributed by atoms with Crippen LogP contribution in [0, 0.1) is 27.7 Å². The summed E-state index contributed by atoms with van der Waals surface area (Å²) >= 11 is 1.17. The first-order chi connectivity index (χ1) is 18.6. The van der Waals surface area contributed by atoms with Gasteiger partial charge < -0.3 is 28.4 Å². The number of carbonyl (C=O) groups excluding carboxylic acids is 2. The molecule has 0 fully saturated rings. The molecule has 0 bridgehead atoms. The number of esters is 2. The molecule has 0 saturated carbocycles. The van der Waals surface area contributed by atoms with E-state index in [-0.39, 0.29) is 11.5 Å². The molecule has 0 aliphatic rings. The summed E-state index contributed by atoms with van der Waals surface area (Å²) in [5.74, 6) is 0.782. The summed E-state index contributed by atoms with van der Waals surface area (Å²) in [6, 6.07) is 0. The molecule has 8 nitrogen and oxygen atoms in total. The summed E-state index contributed by atoms with van der Waals surface area (Å²) in [4.78, 5) is 25.9. The Hall–Kier alpha value is -3.59. The molecule has 0 spiro atoms. The lowest BCUT2D eigenvalue weighted by Crippen LogP contribution is -2.12. The highest BCUT2D eigenvalue weighted by molar-refractivity contribution is 7.99. The van der Waals surface area contributed by atoms with Gasteiger partial charge in [0.2, 0.25) is 0 Å². The molecule has 0 unspecified atom stereocenters. The van der Waals surface area contributed by atoms with E-state index in [2.05, 4.69) is 13.2 Å². The lowest BCUT2D eigenvalue weighted by molar-refractivity contribution is -0.130. The summed E-state index contributed by atoms with van der Waals surface area (Å²) < 4.78 is 35.7. The van der Waals surface area contributed by atoms with E-state index < -0.39 is 11.9 Å². The largest absolute Gasteiger partial charge is 0.492 e. The normalized spacial score (nSPS) is 10.5. The van der Waals surface area contributed by atoms with Crippen LogP contribution in [0.4, 0.5) is 0 Å². The number of ether oxygens (including phenoxy) is 6. The smallest absolute Gasteiger partial charge is 0.335 e. The molecule has 0 heterocycles. The predicted octanol–water partition coefficient (Wildman–Crippen LogP) is 6.85. The van der Waals surface area contributed by atoms with E-state index in [0.717, 1.165) is 34.4 Å². The molecule has 2 rings (SSSR count). The maximum absolute atomic E-state index is 12.5. The fourth-order valence-electron chi connectivity index (χ4n) is 3.80. The zero-order valence-corrected chi connectivity index (χ0v) is 24.9. The molecule has 0 aromatic heterocycles. The fraction of sp³-hybridized carbons (Fsp3) is 0.400. The summed E-state index contributed by atoms with van der Waals surface area (Å²) in [7, 11) is 0. The number of rotatable bonds is 14. The average Bonchev–Trinajstić information content (AvgIpc) is 2.92. The third-order valence-corrected chi connectivity index (χ3v) is 6.97. The van der Waals surface area contributed by atoms with E-state index >= 15 is 0 Å². The van der Waals surface area contributed by atoms with Gasteiger partial charge in [0, 0.05) is 23.3 Å². The topological polar surface area (TPSA) is 89.5 Å². The van der Waals surface area contributed by atoms with Gasteiger partial charge in [-0.2, -0.15) is 0 Å². The molecule has 0 saturated heterocycles. The van der Waals surface area contributed by atoms with Crippen LogP contribution >= 0.6 is 11.8 Å². The first kappa shape index (κ1) is 31.6. The monoisotopic (exact) mass is 558 g/mol. The van der Waals surface area contributed by atoms with Gasteiger partial charge in [-0.3, -0.25) is 0 Å². The Balaban J connectivity index is 3.09. The van der Waals surface area contributed by atoms with E-state index in [4.69, 9.17) is 28.4 Å². The first-order valence-corrected chi connectivity index (χ1v) is 13.6. The molecule has 0 radical (unpaired) electrons. The Morgan fingerprint density at radius 3 is 1.13 bits per heavy atom. The number of hydrogen-bond donors (Lipinski definition) is 0. The highest BCUT2D eigenvalue weighted by atomic mass is 32.2. The molecular weight excluding hydrogens is 520 g/mol. The Bertz CT molecular complexity index is 1150. The zero-order chi connectivity index (χ0) is 29.3. The van der Waals surface area contributed by atoms with Crippen molar-refractivity contribution in [3.8, 4) is 34.5 Å². The molecule has 0 N–H and O–H groups in total. The lowest BCUT2D eigenvalue weighted by atomic mass is 10.1. The van der Waals surface area contributed by atoms with Crippen LogP contribution in [-0.2, 0) is 9.59 Å². The maximum Gasteiger partial charge on any atom is 0.335 e. The van der Waals surface area contributed by atoms with Gasteiger partial charge in [-0.15, -0.1) is 0 Å². The van der Waals surface area contributed by atoms with Crippen molar-refractivity contribution in [3.63, 3.8) is 0 Å². The van der Waals surface area contributed by atoms with Crippen molar-refractivity contribution in [1.29, 1.82) is 0 Å². The number of carbonyl (C=O) groups is 2. The molecule has 212 valence electrons. The Kier molecular flexibility index (Phi) is 11.8. The van der Waals surface area contributed by atoms with E-state index in [1.54, 1.807) is 0 Å². The molecule has 0 aliphatic carbocycles. The minimum absolute atomic E-state index is 0.165. The maximum atomic E-state index is 12.5. The summed E-state index contributed by atoms with van der Waals surface area (Å²) in [5.41, 5.74) is 3.13. The molecule has 0 aliphatic heterocycles. The van der Waals surface area contributed by atoms with Gasteiger partial charge in [0.15, 0.2) is 23.0 Å². The van der Waals surface area contributed by atoms with Crippen molar-refractivity contribution in [2.75, 3.05) is 26.4 Å². The van der Waals surface area contributed by atoms with E-state index in [9.17, 15) is 9.59 Å². The molecule has 0 amide bonds. The minimum Gasteiger partial charge on any atom is -0.492 e. The standard InChI is InChI=1S/C30H38O8S/c1-11-21(31)37-27-23(33-13-3)17(7)19(9)25(35-15-5)29(27)39-30-26(36-16-6)20(10)18(8)24(34-14-4)28(30)38-22(32)12-2/h11-12H,1-2,13-16H2,3-10H3. The van der Waals surface area contributed by atoms with Crippen LogP contribution in [0.25, 0.3) is 0 Å². The van der Waals surface area contributed by atoms with E-state index in [1.165, 1.54) is 11.8 Å². The Morgan fingerprint density at radius 2 is 0.846 bits per heavy atom. The molecule has 39 heavy (non-hydrogen) atoms. The second-order valence-electron chi connectivity index (χ2n) is 8.22. The van der Waals surface area contributed by atoms with Gasteiger partial charge in [-0.1, -0.05) is 24.9 Å². The SMILES string of the molecule is C=CC(=O)Oc1c(OCC)c(C)c(C)c(OCC)c1Sc1c(OCC)c(C)c(C)c(OCC)c1OC(=O)C=C. The summed E-state index contributed by atoms with van der Waals surface area (Å²) in [6.45, 7) is 23.4. The molecule has 9 heteroatoms. The third-order valence-electron chi connectivity index (χ3n) is 5.82. The second-order valence-corrected chi connectivity index (χ2v) is 9.24. The van der Waals surface area contributed by atoms with Crippen LogP contribution in [-0.4, -0.2) is 38.4 Å². The number of benzene rings is 2. The van der Waals surface area contributed by atoms with Gasteiger partial charge in [0.05, 0.1) is 26.4 Å². The van der Waals surface area contributed by atoms with Gasteiger partial charge in [-0.05, 0) is 66.5 Å². The van der Waals surface area contributed by atoms with Crippen molar-refractivity contribution in [3.05, 3.63) is 47.6 Å². The Morgan fingerprint density at radius 1 is 0.564 bits per heavy atom. The predicted molar refractivity (Wildman–Crippen MR) is 152 cm³/mol. The van der Waals surface area contributed by atoms with Gasteiger partial charge in [0.25, 0.3) is 0 Å². The quantitative estimate of drug-likeness (QED) is 0.140. The van der Waals surface area contributed by atoms with Gasteiger partial charge in [-0.25, -0.2) is 9.59 Å². The highest BCUT2D eigenvalue weighted by Gasteiger charge is 2.31. The number of hydrogen-bond acceptors (Lipinski definition) is 9. The summed E-state index contributed by atoms with van der Waals surface area (Å²) in [5, 5.41) is 0. The minimum atomic E-state index is -0.665. The van der Waals surface area contributed by atoms with Crippen LogP contribution in [0.5, 0.6) is 34.5 Å². The van der Waals surface area contributed by atoms with Gasteiger partial charge in [0.1, 0.15) is 21.3 Å². The van der Waals surface area contributed by atoms with Crippen molar-refractivity contribution in [2.45, 2.75) is 65.2 Å². The van der Waals surface area contributed by atoms with E-state index in [1.807, 2.05) is 55.4 Å². The third kappa shape index (κ3) is 6.89. The van der Waals surface area contributed by atoms with Crippen molar-refractivity contribution >= 4 is 23.7 Å². The van der Waals surface area contributed by atoms with Crippen molar-refractivity contribution in [2.24, 2.45) is 0 Å². The summed E-state index contributed by atoms with van der Waals surface area (Å²) in [6.07, 6.45) is 2.15. The highest BCUT2D eigenvalue weighted by Crippen LogP contribution is 2.57. The zero-order valence-electron chi connectivity index (χ0n) is 24.1. The molecule has 2 aromatic carbocycles. The van der Waals surface area contributed by atoms with Crippen LogP contribution in [0.1, 0.15) is 49.9 Å². The first-order valence-electron chi connectivity index (χ1n) is 12.8. The van der Waals surface area contributed by atoms with Crippen LogP contribution in [0.2, 0.25) is 0 Å². The Labute approximate surface area is 235 Å². The lowest BCUT2D eigenvalue weighted by Gasteiger charge is -2.25. The molecule has 2 aromatic rings. The van der Waals surface area contributed by atoms with Crippen molar-refractivity contribution < 1.29 is 38.0 Å². The van der Waals surface area contributed by atoms with E-state index in [0.29, 0.717) is 59.2 Å². The fourth-order valence-corrected chi connectivity index (χ4v) is 5.07. The molecular formula is C30H38O8S. The van der Waals surface area contributed by atoms with Crippen LogP contribution < -0.4 is 28.4 Å². The van der Waals surface area contributed by atoms with Crippen LogP contribution in [0.3, 0.4) is 0 Å².